The third-order valence-corrected chi connectivity index (χ3v) is 3.99. The van der Waals surface area contributed by atoms with Crippen molar-refractivity contribution >= 4 is 38.3 Å². The van der Waals surface area contributed by atoms with E-state index in [4.69, 9.17) is 16.3 Å². The summed E-state index contributed by atoms with van der Waals surface area (Å²) in [5, 5.41) is 3.00. The zero-order valence-electron chi connectivity index (χ0n) is 10.6. The summed E-state index contributed by atoms with van der Waals surface area (Å²) in [5.41, 5.74) is 0.975. The third-order valence-electron chi connectivity index (χ3n) is 3.15. The first-order valence-electron chi connectivity index (χ1n) is 6.28. The average Bonchev–Trinajstić information content (AvgIpc) is 2.46. The second-order valence-electron chi connectivity index (χ2n) is 4.50. The van der Waals surface area contributed by atoms with Gasteiger partial charge in [0, 0.05) is 20.4 Å². The Kier molecular flexibility index (Phi) is 3.95. The van der Waals surface area contributed by atoms with Gasteiger partial charge in [0.25, 0.3) is 0 Å². The van der Waals surface area contributed by atoms with Crippen molar-refractivity contribution in [3.63, 3.8) is 0 Å². The summed E-state index contributed by atoms with van der Waals surface area (Å²) in [6, 6.07) is 20.1. The van der Waals surface area contributed by atoms with Crippen molar-refractivity contribution in [3.8, 4) is 5.75 Å². The predicted molar refractivity (Wildman–Crippen MR) is 87.4 cm³/mol. The second kappa shape index (κ2) is 5.86. The molecule has 0 amide bonds. The zero-order valence-corrected chi connectivity index (χ0v) is 13.0. The van der Waals surface area contributed by atoms with E-state index in [-0.39, 0.29) is 0 Å². The minimum atomic E-state index is 0.458. The van der Waals surface area contributed by atoms with Gasteiger partial charge in [0.05, 0.1) is 0 Å². The number of fused-ring (bicyclic) bond motifs is 1. The fourth-order valence-electron chi connectivity index (χ4n) is 2.12. The Bertz CT molecular complexity index is 750. The van der Waals surface area contributed by atoms with E-state index in [1.165, 1.54) is 5.39 Å². The Morgan fingerprint density at radius 1 is 0.950 bits per heavy atom. The van der Waals surface area contributed by atoms with E-state index in [0.29, 0.717) is 11.6 Å². The van der Waals surface area contributed by atoms with Crippen molar-refractivity contribution in [1.82, 2.24) is 0 Å². The van der Waals surface area contributed by atoms with Crippen LogP contribution >= 0.6 is 27.5 Å². The lowest BCUT2D eigenvalue weighted by atomic mass is 10.1. The molecule has 0 spiro atoms. The monoisotopic (exact) mass is 346 g/mol. The first-order valence-corrected chi connectivity index (χ1v) is 7.45. The molecule has 0 bridgehead atoms. The predicted octanol–water partition coefficient (Wildman–Crippen LogP) is 5.83. The Morgan fingerprint density at radius 3 is 2.60 bits per heavy atom. The molecule has 0 N–H and O–H groups in total. The molecule has 0 fully saturated rings. The highest BCUT2D eigenvalue weighted by Crippen LogP contribution is 2.27. The van der Waals surface area contributed by atoms with Crippen LogP contribution in [0.15, 0.2) is 65.1 Å². The molecule has 0 aliphatic carbocycles. The van der Waals surface area contributed by atoms with Gasteiger partial charge in [-0.25, -0.2) is 0 Å². The van der Waals surface area contributed by atoms with Crippen molar-refractivity contribution in [2.24, 2.45) is 0 Å². The Morgan fingerprint density at radius 2 is 1.75 bits per heavy atom. The number of rotatable bonds is 3. The molecule has 3 aromatic rings. The van der Waals surface area contributed by atoms with E-state index >= 15 is 0 Å². The molecule has 3 rings (SSSR count). The molecule has 3 heteroatoms. The topological polar surface area (TPSA) is 9.23 Å². The Balaban J connectivity index is 1.87. The highest BCUT2D eigenvalue weighted by Gasteiger charge is 2.04. The van der Waals surface area contributed by atoms with Crippen LogP contribution in [0.5, 0.6) is 5.75 Å². The van der Waals surface area contributed by atoms with Crippen LogP contribution < -0.4 is 4.74 Å². The maximum absolute atomic E-state index is 6.20. The molecule has 100 valence electrons. The molecule has 0 atom stereocenters. The first kappa shape index (κ1) is 13.5. The smallest absolute Gasteiger partial charge is 0.127 e. The summed E-state index contributed by atoms with van der Waals surface area (Å²) < 4.78 is 6.90. The van der Waals surface area contributed by atoms with Crippen LogP contribution in [0, 0.1) is 0 Å². The number of benzene rings is 3. The van der Waals surface area contributed by atoms with Crippen molar-refractivity contribution in [1.29, 1.82) is 0 Å². The van der Waals surface area contributed by atoms with E-state index in [1.54, 1.807) is 0 Å². The van der Waals surface area contributed by atoms with Gasteiger partial charge in [-0.15, -0.1) is 0 Å². The highest BCUT2D eigenvalue weighted by molar-refractivity contribution is 9.10. The van der Waals surface area contributed by atoms with Gasteiger partial charge in [0.1, 0.15) is 12.4 Å². The van der Waals surface area contributed by atoms with Crippen LogP contribution in [-0.4, -0.2) is 0 Å². The fraction of sp³-hybridized carbons (Fsp3) is 0.0588. The molecule has 0 aliphatic rings. The Labute approximate surface area is 131 Å². The van der Waals surface area contributed by atoms with Crippen molar-refractivity contribution in [2.45, 2.75) is 6.61 Å². The minimum Gasteiger partial charge on any atom is -0.488 e. The molecule has 3 aromatic carbocycles. The average molecular weight is 348 g/mol. The summed E-state index contributed by atoms with van der Waals surface area (Å²) in [7, 11) is 0. The quantitative estimate of drug-likeness (QED) is 0.579. The maximum Gasteiger partial charge on any atom is 0.127 e. The molecule has 0 radical (unpaired) electrons. The van der Waals surface area contributed by atoms with Gasteiger partial charge in [-0.2, -0.15) is 0 Å². The van der Waals surface area contributed by atoms with Crippen LogP contribution in [0.2, 0.25) is 5.02 Å². The molecule has 0 aromatic heterocycles. The van der Waals surface area contributed by atoms with Crippen LogP contribution in [0.4, 0.5) is 0 Å². The van der Waals surface area contributed by atoms with Crippen LogP contribution in [-0.2, 0) is 6.61 Å². The molecule has 0 saturated heterocycles. The Hall–Kier alpha value is -1.51. The molecule has 20 heavy (non-hydrogen) atoms. The van der Waals surface area contributed by atoms with Gasteiger partial charge in [0.2, 0.25) is 0 Å². The third kappa shape index (κ3) is 2.82. The van der Waals surface area contributed by atoms with Crippen molar-refractivity contribution < 1.29 is 4.74 Å². The van der Waals surface area contributed by atoms with Gasteiger partial charge in [-0.1, -0.05) is 70.0 Å². The lowest BCUT2D eigenvalue weighted by Crippen LogP contribution is -1.96. The van der Waals surface area contributed by atoms with Gasteiger partial charge >= 0.3 is 0 Å². The van der Waals surface area contributed by atoms with Gasteiger partial charge < -0.3 is 4.74 Å². The van der Waals surface area contributed by atoms with Crippen LogP contribution in [0.25, 0.3) is 10.8 Å². The molecular weight excluding hydrogens is 336 g/mol. The summed E-state index contributed by atoms with van der Waals surface area (Å²) in [5.74, 6) is 0.877. The standard InChI is InChI=1S/C17H12BrClO/c18-14-9-8-13(16(19)10-14)11-20-17-7-3-5-12-4-1-2-6-15(12)17/h1-10H,11H2. The van der Waals surface area contributed by atoms with Crippen LogP contribution in [0.1, 0.15) is 5.56 Å². The normalized spacial score (nSPS) is 10.7. The fourth-order valence-corrected chi connectivity index (χ4v) is 2.84. The lowest BCUT2D eigenvalue weighted by molar-refractivity contribution is 0.310. The number of hydrogen-bond donors (Lipinski definition) is 0. The first-order chi connectivity index (χ1) is 9.74. The molecule has 0 unspecified atom stereocenters. The van der Waals surface area contributed by atoms with E-state index in [0.717, 1.165) is 21.2 Å². The molecule has 0 heterocycles. The number of halogens is 2. The van der Waals surface area contributed by atoms with E-state index < -0.39 is 0 Å². The summed E-state index contributed by atoms with van der Waals surface area (Å²) in [6.45, 7) is 0.458. The SMILES string of the molecule is Clc1cc(Br)ccc1COc1cccc2ccccc12. The largest absolute Gasteiger partial charge is 0.488 e. The molecular formula is C17H12BrClO. The number of hydrogen-bond acceptors (Lipinski definition) is 1. The maximum atomic E-state index is 6.20. The lowest BCUT2D eigenvalue weighted by Gasteiger charge is -2.10. The molecule has 0 aliphatic heterocycles. The van der Waals surface area contributed by atoms with E-state index in [9.17, 15) is 0 Å². The summed E-state index contributed by atoms with van der Waals surface area (Å²) in [6.07, 6.45) is 0. The molecule has 1 nitrogen and oxygen atoms in total. The second-order valence-corrected chi connectivity index (χ2v) is 5.82. The van der Waals surface area contributed by atoms with Gasteiger partial charge in [0.15, 0.2) is 0 Å². The van der Waals surface area contributed by atoms with Gasteiger partial charge in [-0.05, 0) is 23.6 Å². The van der Waals surface area contributed by atoms with Crippen molar-refractivity contribution in [2.75, 3.05) is 0 Å². The zero-order chi connectivity index (χ0) is 13.9. The summed E-state index contributed by atoms with van der Waals surface area (Å²) in [4.78, 5) is 0. The van der Waals surface area contributed by atoms with E-state index in [2.05, 4.69) is 34.1 Å². The van der Waals surface area contributed by atoms with Crippen LogP contribution in [0.3, 0.4) is 0 Å². The summed E-state index contributed by atoms with van der Waals surface area (Å²) >= 11 is 9.60. The molecule has 0 saturated carbocycles. The van der Waals surface area contributed by atoms with E-state index in [1.807, 2.05) is 42.5 Å². The van der Waals surface area contributed by atoms with Gasteiger partial charge in [-0.3, -0.25) is 0 Å². The number of ether oxygens (including phenoxy) is 1. The minimum absolute atomic E-state index is 0.458. The highest BCUT2D eigenvalue weighted by atomic mass is 79.9. The van der Waals surface area contributed by atoms with Crippen molar-refractivity contribution in [3.05, 3.63) is 75.7 Å².